The number of nitrogens with one attached hydrogen (secondary N) is 1. The van der Waals surface area contributed by atoms with Crippen molar-refractivity contribution >= 4 is 43.5 Å². The van der Waals surface area contributed by atoms with Crippen molar-refractivity contribution in [3.63, 3.8) is 0 Å². The quantitative estimate of drug-likeness (QED) is 0.151. The van der Waals surface area contributed by atoms with Crippen LogP contribution < -0.4 is 10.9 Å². The van der Waals surface area contributed by atoms with E-state index < -0.39 is 69.7 Å². The van der Waals surface area contributed by atoms with Crippen LogP contribution in [-0.4, -0.2) is 70.1 Å². The number of rotatable bonds is 9. The molecule has 1 aromatic carbocycles. The Balaban J connectivity index is 1.66. The number of aliphatic hydroxyl groups is 2. The van der Waals surface area contributed by atoms with Gasteiger partial charge in [0.1, 0.15) is 34.7 Å². The minimum absolute atomic E-state index is 0.0246. The van der Waals surface area contributed by atoms with Gasteiger partial charge < -0.3 is 39.5 Å². The Morgan fingerprint density at radius 3 is 2.54 bits per heavy atom. The van der Waals surface area contributed by atoms with E-state index in [0.29, 0.717) is 5.56 Å². The highest BCUT2D eigenvalue weighted by Gasteiger charge is 2.46. The second-order valence-corrected chi connectivity index (χ2v) is 13.4. The molecule has 214 valence electrons. The molecule has 0 bridgehead atoms. The Hall–Kier alpha value is -2.16. The number of benzene rings is 1. The Kier molecular flexibility index (Phi) is 8.42. The second-order valence-electron chi connectivity index (χ2n) is 9.04. The Morgan fingerprint density at radius 1 is 1.23 bits per heavy atom. The van der Waals surface area contributed by atoms with E-state index in [-0.39, 0.29) is 21.9 Å². The van der Waals surface area contributed by atoms with Gasteiger partial charge in [-0.25, -0.2) is 18.7 Å². The zero-order chi connectivity index (χ0) is 28.9. The van der Waals surface area contributed by atoms with Crippen molar-refractivity contribution in [1.29, 1.82) is 0 Å². The molecule has 0 amide bonds. The highest BCUT2D eigenvalue weighted by atomic mass is 35.5. The van der Waals surface area contributed by atoms with E-state index >= 15 is 0 Å². The number of ether oxygens (including phenoxy) is 1. The van der Waals surface area contributed by atoms with Gasteiger partial charge in [0.15, 0.2) is 17.8 Å². The van der Waals surface area contributed by atoms with Crippen molar-refractivity contribution in [1.82, 2.24) is 14.3 Å². The van der Waals surface area contributed by atoms with Crippen LogP contribution in [0.15, 0.2) is 35.1 Å². The highest BCUT2D eigenvalue weighted by molar-refractivity contribution is 7.70. The molecule has 0 spiro atoms. The third kappa shape index (κ3) is 6.28. The average Bonchev–Trinajstić information content (AvgIpc) is 3.23. The number of hydrogen-bond acceptors (Lipinski definition) is 9. The van der Waals surface area contributed by atoms with Crippen LogP contribution in [0.5, 0.6) is 0 Å². The van der Waals surface area contributed by atoms with Gasteiger partial charge in [-0.3, -0.25) is 13.9 Å². The monoisotopic (exact) mass is 610 g/mol. The Morgan fingerprint density at radius 2 is 1.90 bits per heavy atom. The molecule has 6 atom stereocenters. The number of anilines is 1. The predicted molar refractivity (Wildman–Crippen MR) is 137 cm³/mol. The topological polar surface area (TPSA) is 206 Å². The Labute approximate surface area is 225 Å². The molecule has 39 heavy (non-hydrogen) atoms. The number of aliphatic hydroxyl groups excluding tert-OH is 2. The number of pyridine rings is 1. The third-order valence-electron chi connectivity index (χ3n) is 6.14. The molecule has 0 aliphatic carbocycles. The summed E-state index contributed by atoms with van der Waals surface area (Å²) in [5, 5.41) is 24.2. The number of hydrogen-bond donors (Lipinski definition) is 6. The maximum atomic E-state index is 14.3. The highest BCUT2D eigenvalue weighted by Crippen LogP contribution is 2.55. The summed E-state index contributed by atoms with van der Waals surface area (Å²) in [5.74, 6) is -1.91. The Bertz CT molecular complexity index is 1540. The SMILES string of the molecule is C[C@H](Nc1cc(Cl)nc2c1c(=O)n(C)n2[C@@H]1O[C@H](COP(=O)(O)CP(=O)(O)O)[C@@H](O)[C@H]1O)c1ccccc1F. The van der Waals surface area contributed by atoms with E-state index in [0.717, 1.165) is 9.36 Å². The van der Waals surface area contributed by atoms with E-state index in [9.17, 15) is 33.4 Å². The lowest BCUT2D eigenvalue weighted by molar-refractivity contribution is -0.0591. The van der Waals surface area contributed by atoms with Crippen molar-refractivity contribution in [3.05, 3.63) is 57.2 Å². The van der Waals surface area contributed by atoms with Gasteiger partial charge in [0.2, 0.25) is 0 Å². The van der Waals surface area contributed by atoms with Gasteiger partial charge in [0.25, 0.3) is 5.56 Å². The average molecular weight is 611 g/mol. The molecule has 1 saturated heterocycles. The van der Waals surface area contributed by atoms with Gasteiger partial charge in [-0.2, -0.15) is 0 Å². The van der Waals surface area contributed by atoms with Crippen molar-refractivity contribution in [3.8, 4) is 0 Å². The maximum Gasteiger partial charge on any atom is 0.340 e. The largest absolute Gasteiger partial charge is 0.387 e. The number of nitrogens with zero attached hydrogens (tertiary/aromatic N) is 3. The molecule has 0 saturated carbocycles. The first kappa shape index (κ1) is 29.8. The van der Waals surface area contributed by atoms with Gasteiger partial charge in [-0.1, -0.05) is 29.8 Å². The molecule has 1 unspecified atom stereocenters. The van der Waals surface area contributed by atoms with Crippen LogP contribution in [0.1, 0.15) is 24.8 Å². The number of aromatic nitrogens is 3. The molecular weight excluding hydrogens is 585 g/mol. The van der Waals surface area contributed by atoms with Crippen molar-refractivity contribution < 1.29 is 47.7 Å². The second kappa shape index (κ2) is 11.0. The first-order chi connectivity index (χ1) is 18.1. The van der Waals surface area contributed by atoms with Crippen molar-refractivity contribution in [2.45, 2.75) is 37.5 Å². The van der Waals surface area contributed by atoms with Crippen molar-refractivity contribution in [2.75, 3.05) is 17.8 Å². The summed E-state index contributed by atoms with van der Waals surface area (Å²) in [6.45, 7) is 0.869. The standard InChI is InChI=1S/C21H26ClFN4O10P2/c1-10(11-5-3-4-6-12(11)23)24-13-7-15(22)25-19-16(13)20(30)26(2)27(19)21-18(29)17(28)14(37-21)8-36-39(34,35)9-38(31,32)33/h3-7,10,14,17-18,21,28-29H,8-9H2,1-2H3,(H,24,25)(H,34,35)(H2,31,32,33)/t10-,14+,17+,18+,21+/m0/s1. The van der Waals surface area contributed by atoms with E-state index in [1.54, 1.807) is 25.1 Å². The van der Waals surface area contributed by atoms with Crippen LogP contribution in [0, 0.1) is 5.82 Å². The van der Waals surface area contributed by atoms with Crippen LogP contribution in [0.4, 0.5) is 10.1 Å². The van der Waals surface area contributed by atoms with Crippen molar-refractivity contribution in [2.24, 2.45) is 7.05 Å². The van der Waals surface area contributed by atoms with Gasteiger partial charge in [-0.05, 0) is 19.1 Å². The van der Waals surface area contributed by atoms with Crippen LogP contribution in [0.25, 0.3) is 11.0 Å². The summed E-state index contributed by atoms with van der Waals surface area (Å²) in [6, 6.07) is 6.86. The summed E-state index contributed by atoms with van der Waals surface area (Å²) in [7, 11) is -8.31. The molecule has 14 nitrogen and oxygen atoms in total. The first-order valence-corrected chi connectivity index (χ1v) is 15.3. The third-order valence-corrected chi connectivity index (χ3v) is 9.79. The van der Waals surface area contributed by atoms with Gasteiger partial charge in [0, 0.05) is 12.6 Å². The fourth-order valence-electron chi connectivity index (χ4n) is 4.35. The summed E-state index contributed by atoms with van der Waals surface area (Å²) in [4.78, 5) is 45.0. The molecule has 3 aromatic rings. The van der Waals surface area contributed by atoms with Gasteiger partial charge in [-0.15, -0.1) is 0 Å². The van der Waals surface area contributed by atoms with E-state index in [4.69, 9.17) is 30.6 Å². The van der Waals surface area contributed by atoms with E-state index in [1.807, 2.05) is 0 Å². The molecule has 18 heteroatoms. The maximum absolute atomic E-state index is 14.3. The summed E-state index contributed by atoms with van der Waals surface area (Å²) < 4.78 is 49.9. The lowest BCUT2D eigenvalue weighted by atomic mass is 10.1. The summed E-state index contributed by atoms with van der Waals surface area (Å²) in [6.07, 6.45) is -6.25. The first-order valence-electron chi connectivity index (χ1n) is 11.4. The van der Waals surface area contributed by atoms with E-state index in [1.165, 1.54) is 19.2 Å². The zero-order valence-electron chi connectivity index (χ0n) is 20.5. The minimum atomic E-state index is -4.89. The number of fused-ring (bicyclic) bond motifs is 1. The molecule has 1 fully saturated rings. The van der Waals surface area contributed by atoms with Crippen LogP contribution in [0.3, 0.4) is 0 Å². The zero-order valence-corrected chi connectivity index (χ0v) is 23.0. The molecule has 2 aromatic heterocycles. The fraction of sp³-hybridized carbons (Fsp3) is 0.429. The lowest BCUT2D eigenvalue weighted by Crippen LogP contribution is -2.35. The van der Waals surface area contributed by atoms with Crippen LogP contribution in [0.2, 0.25) is 5.15 Å². The normalized spacial score (nSPS) is 24.1. The molecular formula is C21H26ClFN4O10P2. The van der Waals surface area contributed by atoms with Crippen LogP contribution in [-0.2, 0) is 25.4 Å². The molecule has 3 heterocycles. The smallest absolute Gasteiger partial charge is 0.340 e. The minimum Gasteiger partial charge on any atom is -0.387 e. The fourth-order valence-corrected chi connectivity index (χ4v) is 7.11. The van der Waals surface area contributed by atoms with Gasteiger partial charge >= 0.3 is 15.2 Å². The number of halogens is 2. The summed E-state index contributed by atoms with van der Waals surface area (Å²) >= 11 is 6.23. The van der Waals surface area contributed by atoms with E-state index in [2.05, 4.69) is 10.3 Å². The molecule has 0 radical (unpaired) electrons. The molecule has 1 aliphatic heterocycles. The predicted octanol–water partition coefficient (Wildman–Crippen LogP) is 1.66. The molecule has 4 rings (SSSR count). The molecule has 6 N–H and O–H groups in total. The van der Waals surface area contributed by atoms with Gasteiger partial charge in [0.05, 0.1) is 18.3 Å². The lowest BCUT2D eigenvalue weighted by Gasteiger charge is -2.20. The summed E-state index contributed by atoms with van der Waals surface area (Å²) in [5.41, 5.74) is -0.101. The van der Waals surface area contributed by atoms with Crippen LogP contribution >= 0.6 is 26.8 Å². The molecule has 1 aliphatic rings.